The quantitative estimate of drug-likeness (QED) is 0.256. The minimum Gasteiger partial charge on any atom is -0.258 e. The third-order valence-corrected chi connectivity index (χ3v) is 5.96. The van der Waals surface area contributed by atoms with Crippen molar-refractivity contribution in [3.05, 3.63) is 142 Å². The standard InChI is InChI=1S/C28H23N3O2/c32-31(33)26-17-15-24(16-18-26)28-20-27(29-30(28)25-9-5-2-6-10-25)23-13-11-22(12-14-23)19-21-7-3-1-4-8-21/h1-18,28H,19-20H2/t28-/m1/s1. The number of rotatable bonds is 6. The van der Waals surface area contributed by atoms with Gasteiger partial charge in [0.1, 0.15) is 0 Å². The van der Waals surface area contributed by atoms with Gasteiger partial charge in [-0.15, -0.1) is 0 Å². The monoisotopic (exact) mass is 433 g/mol. The van der Waals surface area contributed by atoms with E-state index < -0.39 is 0 Å². The molecule has 0 amide bonds. The zero-order valence-electron chi connectivity index (χ0n) is 18.0. The maximum atomic E-state index is 11.1. The first-order valence-electron chi connectivity index (χ1n) is 11.0. The molecule has 1 atom stereocenters. The highest BCUT2D eigenvalue weighted by atomic mass is 16.6. The predicted molar refractivity (Wildman–Crippen MR) is 132 cm³/mol. The van der Waals surface area contributed by atoms with E-state index in [1.165, 1.54) is 11.1 Å². The molecule has 0 aromatic heterocycles. The Hall–Kier alpha value is -4.25. The molecule has 1 aliphatic rings. The molecule has 5 rings (SSSR count). The summed E-state index contributed by atoms with van der Waals surface area (Å²) in [4.78, 5) is 10.7. The van der Waals surface area contributed by atoms with Crippen LogP contribution in [0.25, 0.3) is 0 Å². The summed E-state index contributed by atoms with van der Waals surface area (Å²) in [6.07, 6.45) is 1.62. The predicted octanol–water partition coefficient (Wildman–Crippen LogP) is 6.54. The highest BCUT2D eigenvalue weighted by molar-refractivity contribution is 6.03. The van der Waals surface area contributed by atoms with E-state index in [0.717, 1.165) is 35.4 Å². The summed E-state index contributed by atoms with van der Waals surface area (Å²) >= 11 is 0. The van der Waals surface area contributed by atoms with Gasteiger partial charge in [0.15, 0.2) is 0 Å². The largest absolute Gasteiger partial charge is 0.269 e. The smallest absolute Gasteiger partial charge is 0.258 e. The van der Waals surface area contributed by atoms with Crippen molar-refractivity contribution in [3.63, 3.8) is 0 Å². The average Bonchev–Trinajstić information content (AvgIpc) is 3.31. The molecular weight excluding hydrogens is 410 g/mol. The van der Waals surface area contributed by atoms with Crippen LogP contribution in [0.15, 0.2) is 114 Å². The Morgan fingerprint density at radius 1 is 0.788 bits per heavy atom. The topological polar surface area (TPSA) is 58.7 Å². The Labute approximate surface area is 192 Å². The van der Waals surface area contributed by atoms with Gasteiger partial charge in [-0.2, -0.15) is 5.10 Å². The van der Waals surface area contributed by atoms with Gasteiger partial charge in [-0.25, -0.2) is 0 Å². The van der Waals surface area contributed by atoms with Gasteiger partial charge in [0.2, 0.25) is 0 Å². The number of anilines is 1. The second-order valence-electron chi connectivity index (χ2n) is 8.15. The Morgan fingerprint density at radius 3 is 2.03 bits per heavy atom. The summed E-state index contributed by atoms with van der Waals surface area (Å²) in [5.41, 5.74) is 6.75. The molecule has 1 heterocycles. The summed E-state index contributed by atoms with van der Waals surface area (Å²) < 4.78 is 0. The number of benzene rings is 4. The lowest BCUT2D eigenvalue weighted by Crippen LogP contribution is -2.18. The van der Waals surface area contributed by atoms with Crippen LogP contribution in [0.5, 0.6) is 0 Å². The van der Waals surface area contributed by atoms with Crippen molar-refractivity contribution in [2.75, 3.05) is 5.01 Å². The van der Waals surface area contributed by atoms with E-state index in [0.29, 0.717) is 0 Å². The van der Waals surface area contributed by atoms with Gasteiger partial charge in [0.05, 0.1) is 22.4 Å². The lowest BCUT2D eigenvalue weighted by Gasteiger charge is -2.23. The molecular formula is C28H23N3O2. The maximum absolute atomic E-state index is 11.1. The minimum absolute atomic E-state index is 0.0211. The molecule has 4 aromatic carbocycles. The summed E-state index contributed by atoms with van der Waals surface area (Å²) in [5, 5.41) is 18.1. The Balaban J connectivity index is 1.42. The van der Waals surface area contributed by atoms with E-state index in [1.54, 1.807) is 12.1 Å². The molecule has 0 saturated carbocycles. The number of hydrogen-bond acceptors (Lipinski definition) is 4. The van der Waals surface area contributed by atoms with Crippen molar-refractivity contribution < 1.29 is 4.92 Å². The molecule has 4 aromatic rings. The van der Waals surface area contributed by atoms with Crippen LogP contribution in [0, 0.1) is 10.1 Å². The fourth-order valence-electron chi connectivity index (χ4n) is 4.23. The number of para-hydroxylation sites is 1. The number of nitro groups is 1. The van der Waals surface area contributed by atoms with Gasteiger partial charge in [0, 0.05) is 18.6 Å². The van der Waals surface area contributed by atoms with Crippen molar-refractivity contribution >= 4 is 17.1 Å². The highest BCUT2D eigenvalue weighted by Crippen LogP contribution is 2.37. The Bertz CT molecular complexity index is 1270. The fraction of sp³-hybridized carbons (Fsp3) is 0.107. The first-order valence-corrected chi connectivity index (χ1v) is 11.0. The zero-order valence-corrected chi connectivity index (χ0v) is 18.0. The molecule has 0 unspecified atom stereocenters. The van der Waals surface area contributed by atoms with E-state index in [-0.39, 0.29) is 16.7 Å². The molecule has 1 aliphatic heterocycles. The van der Waals surface area contributed by atoms with E-state index in [4.69, 9.17) is 5.10 Å². The second-order valence-corrected chi connectivity index (χ2v) is 8.15. The Kier molecular flexibility index (Phi) is 5.68. The fourth-order valence-corrected chi connectivity index (χ4v) is 4.23. The molecule has 0 N–H and O–H groups in total. The van der Waals surface area contributed by atoms with Crippen LogP contribution in [-0.2, 0) is 6.42 Å². The van der Waals surface area contributed by atoms with Crippen LogP contribution >= 0.6 is 0 Å². The summed E-state index contributed by atoms with van der Waals surface area (Å²) in [7, 11) is 0. The van der Waals surface area contributed by atoms with Crippen LogP contribution in [0.2, 0.25) is 0 Å². The molecule has 0 spiro atoms. The van der Waals surface area contributed by atoms with Crippen LogP contribution in [0.4, 0.5) is 11.4 Å². The molecule has 0 bridgehead atoms. The molecule has 0 radical (unpaired) electrons. The van der Waals surface area contributed by atoms with E-state index in [2.05, 4.69) is 48.5 Å². The van der Waals surface area contributed by atoms with Crippen molar-refractivity contribution in [1.29, 1.82) is 0 Å². The van der Waals surface area contributed by atoms with Gasteiger partial charge in [-0.05, 0) is 40.8 Å². The lowest BCUT2D eigenvalue weighted by molar-refractivity contribution is -0.384. The van der Waals surface area contributed by atoms with Crippen LogP contribution < -0.4 is 5.01 Å². The second kappa shape index (κ2) is 9.09. The Morgan fingerprint density at radius 2 is 1.39 bits per heavy atom. The molecule has 5 heteroatoms. The van der Waals surface area contributed by atoms with E-state index >= 15 is 0 Å². The molecule has 33 heavy (non-hydrogen) atoms. The molecule has 162 valence electrons. The van der Waals surface area contributed by atoms with Gasteiger partial charge < -0.3 is 0 Å². The molecule has 0 saturated heterocycles. The lowest BCUT2D eigenvalue weighted by atomic mass is 9.96. The number of hydrogen-bond donors (Lipinski definition) is 0. The third-order valence-electron chi connectivity index (χ3n) is 5.96. The van der Waals surface area contributed by atoms with Crippen molar-refractivity contribution in [2.24, 2.45) is 5.10 Å². The van der Waals surface area contributed by atoms with Crippen molar-refractivity contribution in [2.45, 2.75) is 18.9 Å². The first-order chi connectivity index (χ1) is 16.2. The highest BCUT2D eigenvalue weighted by Gasteiger charge is 2.30. The van der Waals surface area contributed by atoms with Crippen molar-refractivity contribution in [1.82, 2.24) is 0 Å². The van der Waals surface area contributed by atoms with Crippen molar-refractivity contribution in [3.8, 4) is 0 Å². The number of hydrazone groups is 1. The SMILES string of the molecule is O=[N+]([O-])c1ccc([C@H]2CC(c3ccc(Cc4ccccc4)cc3)=NN2c2ccccc2)cc1. The normalized spacial score (nSPS) is 15.3. The van der Waals surface area contributed by atoms with Gasteiger partial charge in [0.25, 0.3) is 5.69 Å². The minimum atomic E-state index is -0.369. The maximum Gasteiger partial charge on any atom is 0.269 e. The summed E-state index contributed by atoms with van der Waals surface area (Å²) in [5.74, 6) is 0. The summed E-state index contributed by atoms with van der Waals surface area (Å²) in [6, 6.07) is 35.9. The van der Waals surface area contributed by atoms with Crippen LogP contribution in [0.1, 0.15) is 34.7 Å². The number of nitro benzene ring substituents is 1. The summed E-state index contributed by atoms with van der Waals surface area (Å²) in [6.45, 7) is 0. The van der Waals surface area contributed by atoms with Gasteiger partial charge in [-0.3, -0.25) is 15.1 Å². The number of non-ortho nitro benzene ring substituents is 1. The third kappa shape index (κ3) is 4.53. The van der Waals surface area contributed by atoms with Gasteiger partial charge in [-0.1, -0.05) is 84.9 Å². The van der Waals surface area contributed by atoms with E-state index in [1.807, 2.05) is 53.5 Å². The number of nitrogens with zero attached hydrogens (tertiary/aromatic N) is 3. The zero-order chi connectivity index (χ0) is 22.6. The molecule has 0 aliphatic carbocycles. The average molecular weight is 434 g/mol. The van der Waals surface area contributed by atoms with Gasteiger partial charge >= 0.3 is 0 Å². The van der Waals surface area contributed by atoms with Crippen LogP contribution in [0.3, 0.4) is 0 Å². The molecule has 0 fully saturated rings. The van der Waals surface area contributed by atoms with E-state index in [9.17, 15) is 10.1 Å². The van der Waals surface area contributed by atoms with Crippen LogP contribution in [-0.4, -0.2) is 10.6 Å². The first kappa shape index (κ1) is 20.6. The molecule has 5 nitrogen and oxygen atoms in total.